The summed E-state index contributed by atoms with van der Waals surface area (Å²) in [6.45, 7) is -2.77. The lowest BCUT2D eigenvalue weighted by Gasteiger charge is -2.17. The summed E-state index contributed by atoms with van der Waals surface area (Å²) >= 11 is 0. The third-order valence-electron chi connectivity index (χ3n) is 2.69. The molecule has 0 radical (unpaired) electrons. The van der Waals surface area contributed by atoms with E-state index in [0.717, 1.165) is 19.3 Å². The highest BCUT2D eigenvalue weighted by Gasteiger charge is 2.29. The lowest BCUT2D eigenvalue weighted by molar-refractivity contribution is -0.144. The van der Waals surface area contributed by atoms with Gasteiger partial charge in [-0.25, -0.2) is 0 Å². The maximum Gasteiger partial charge on any atom is 0.345 e. The summed E-state index contributed by atoms with van der Waals surface area (Å²) in [6, 6.07) is 0. The van der Waals surface area contributed by atoms with Gasteiger partial charge in [0.15, 0.2) is 0 Å². The second-order valence-electron chi connectivity index (χ2n) is 3.64. The first-order chi connectivity index (χ1) is 6.59. The van der Waals surface area contributed by atoms with Crippen molar-refractivity contribution >= 4 is 5.97 Å². The zero-order valence-corrected chi connectivity index (χ0v) is 7.79. The Bertz CT molecular complexity index is 196. The van der Waals surface area contributed by atoms with Crippen molar-refractivity contribution in [2.75, 3.05) is 6.61 Å². The number of alkyl halides is 2. The predicted octanol–water partition coefficient (Wildman–Crippen LogP) is 2.12. The normalized spacial score (nSPS) is 27.1. The van der Waals surface area contributed by atoms with Crippen molar-refractivity contribution in [2.45, 2.75) is 32.3 Å². The van der Waals surface area contributed by atoms with Crippen LogP contribution in [0.4, 0.5) is 8.78 Å². The molecule has 0 saturated heterocycles. The first-order valence-electron chi connectivity index (χ1n) is 4.71. The minimum absolute atomic E-state index is 0.00579. The quantitative estimate of drug-likeness (QED) is 0.752. The van der Waals surface area contributed by atoms with Crippen LogP contribution in [0.2, 0.25) is 0 Å². The highest BCUT2D eigenvalue weighted by atomic mass is 19.3. The second-order valence-corrected chi connectivity index (χ2v) is 3.64. The molecule has 5 heteroatoms. The SMILES string of the molecule is O=C(O)CC1CCCC1COC(F)F. The monoisotopic (exact) mass is 208 g/mol. The highest BCUT2D eigenvalue weighted by Crippen LogP contribution is 2.34. The first-order valence-corrected chi connectivity index (χ1v) is 4.71. The molecule has 0 aromatic carbocycles. The van der Waals surface area contributed by atoms with Crippen molar-refractivity contribution < 1.29 is 23.4 Å². The number of hydrogen-bond acceptors (Lipinski definition) is 2. The van der Waals surface area contributed by atoms with Crippen molar-refractivity contribution in [3.8, 4) is 0 Å². The molecule has 1 aliphatic rings. The average molecular weight is 208 g/mol. The van der Waals surface area contributed by atoms with Crippen LogP contribution in [0.15, 0.2) is 0 Å². The zero-order valence-electron chi connectivity index (χ0n) is 7.79. The van der Waals surface area contributed by atoms with Gasteiger partial charge in [0.05, 0.1) is 6.61 Å². The van der Waals surface area contributed by atoms with Crippen LogP contribution < -0.4 is 0 Å². The highest BCUT2D eigenvalue weighted by molar-refractivity contribution is 5.67. The third kappa shape index (κ3) is 3.57. The molecule has 0 aliphatic heterocycles. The Labute approximate surface area is 81.1 Å². The number of carbonyl (C=O) groups is 1. The van der Waals surface area contributed by atoms with E-state index in [1.165, 1.54) is 0 Å². The van der Waals surface area contributed by atoms with Gasteiger partial charge in [-0.15, -0.1) is 0 Å². The van der Waals surface area contributed by atoms with Crippen molar-refractivity contribution in [2.24, 2.45) is 11.8 Å². The fourth-order valence-corrected chi connectivity index (χ4v) is 2.02. The van der Waals surface area contributed by atoms with Gasteiger partial charge in [0, 0.05) is 6.42 Å². The molecule has 1 aliphatic carbocycles. The third-order valence-corrected chi connectivity index (χ3v) is 2.69. The summed E-state index contributed by atoms with van der Waals surface area (Å²) < 4.78 is 27.7. The number of carboxylic acid groups (broad SMARTS) is 1. The number of carboxylic acids is 1. The standard InChI is InChI=1S/C9H14F2O3/c10-9(11)14-5-7-3-1-2-6(7)4-8(12)13/h6-7,9H,1-5H2,(H,12,13). The molecule has 82 valence electrons. The molecular formula is C9H14F2O3. The molecule has 0 aromatic heterocycles. The van der Waals surface area contributed by atoms with E-state index in [2.05, 4.69) is 4.74 Å². The van der Waals surface area contributed by atoms with Gasteiger partial charge in [-0.2, -0.15) is 8.78 Å². The fraction of sp³-hybridized carbons (Fsp3) is 0.889. The molecule has 14 heavy (non-hydrogen) atoms. The molecule has 1 N–H and O–H groups in total. The molecule has 3 nitrogen and oxygen atoms in total. The minimum atomic E-state index is -2.75. The fourth-order valence-electron chi connectivity index (χ4n) is 2.02. The lowest BCUT2D eigenvalue weighted by Crippen LogP contribution is -2.19. The van der Waals surface area contributed by atoms with Crippen LogP contribution in [0.3, 0.4) is 0 Å². The van der Waals surface area contributed by atoms with Crippen LogP contribution in [0.1, 0.15) is 25.7 Å². The first kappa shape index (κ1) is 11.4. The molecule has 0 spiro atoms. The summed E-state index contributed by atoms with van der Waals surface area (Å²) in [4.78, 5) is 10.5. The van der Waals surface area contributed by atoms with Crippen LogP contribution in [-0.4, -0.2) is 24.3 Å². The molecule has 1 fully saturated rings. The van der Waals surface area contributed by atoms with Gasteiger partial charge in [-0.1, -0.05) is 6.42 Å². The van der Waals surface area contributed by atoms with E-state index in [1.807, 2.05) is 0 Å². The molecule has 0 amide bonds. The largest absolute Gasteiger partial charge is 0.481 e. The summed E-state index contributed by atoms with van der Waals surface area (Å²) in [6.07, 6.45) is 2.58. The molecule has 0 aromatic rings. The molecule has 1 saturated carbocycles. The van der Waals surface area contributed by atoms with Gasteiger partial charge in [-0.3, -0.25) is 4.79 Å². The Kier molecular flexibility index (Phi) is 4.25. The second kappa shape index (κ2) is 5.24. The number of ether oxygens (including phenoxy) is 1. The van der Waals surface area contributed by atoms with E-state index in [1.54, 1.807) is 0 Å². The molecule has 0 heterocycles. The Morgan fingerprint density at radius 2 is 2.07 bits per heavy atom. The smallest absolute Gasteiger partial charge is 0.345 e. The van der Waals surface area contributed by atoms with Gasteiger partial charge < -0.3 is 9.84 Å². The van der Waals surface area contributed by atoms with Crippen LogP contribution in [0.5, 0.6) is 0 Å². The lowest BCUT2D eigenvalue weighted by atomic mass is 9.94. The Morgan fingerprint density at radius 1 is 1.43 bits per heavy atom. The number of hydrogen-bond donors (Lipinski definition) is 1. The number of rotatable bonds is 5. The average Bonchev–Trinajstić information content (AvgIpc) is 2.47. The molecule has 1 rings (SSSR count). The van der Waals surface area contributed by atoms with Crippen LogP contribution in [0.25, 0.3) is 0 Å². The van der Waals surface area contributed by atoms with Gasteiger partial charge in [0.1, 0.15) is 0 Å². The van der Waals surface area contributed by atoms with Gasteiger partial charge >= 0.3 is 12.6 Å². The summed E-state index contributed by atoms with van der Waals surface area (Å²) in [5.74, 6) is -0.870. The van der Waals surface area contributed by atoms with E-state index in [-0.39, 0.29) is 24.9 Å². The van der Waals surface area contributed by atoms with Crippen molar-refractivity contribution in [1.82, 2.24) is 0 Å². The maximum absolute atomic E-state index is 11.7. The van der Waals surface area contributed by atoms with Crippen LogP contribution in [-0.2, 0) is 9.53 Å². The van der Waals surface area contributed by atoms with Gasteiger partial charge in [0.25, 0.3) is 0 Å². The van der Waals surface area contributed by atoms with Crippen molar-refractivity contribution in [3.05, 3.63) is 0 Å². The Hall–Kier alpha value is -0.710. The summed E-state index contributed by atoms with van der Waals surface area (Å²) in [7, 11) is 0. The molecule has 2 atom stereocenters. The molecular weight excluding hydrogens is 194 g/mol. The van der Waals surface area contributed by atoms with Gasteiger partial charge in [-0.05, 0) is 24.7 Å². The van der Waals surface area contributed by atoms with Crippen molar-refractivity contribution in [3.63, 3.8) is 0 Å². The Morgan fingerprint density at radius 3 is 2.64 bits per heavy atom. The van der Waals surface area contributed by atoms with Crippen LogP contribution >= 0.6 is 0 Å². The van der Waals surface area contributed by atoms with E-state index >= 15 is 0 Å². The van der Waals surface area contributed by atoms with E-state index < -0.39 is 12.6 Å². The van der Waals surface area contributed by atoms with E-state index in [9.17, 15) is 13.6 Å². The minimum Gasteiger partial charge on any atom is -0.481 e. The number of halogens is 2. The Balaban J connectivity index is 2.31. The molecule has 0 bridgehead atoms. The summed E-state index contributed by atoms with van der Waals surface area (Å²) in [5, 5.41) is 8.58. The summed E-state index contributed by atoms with van der Waals surface area (Å²) in [5.41, 5.74) is 0. The molecule has 2 unspecified atom stereocenters. The van der Waals surface area contributed by atoms with Crippen LogP contribution in [0, 0.1) is 11.8 Å². The zero-order chi connectivity index (χ0) is 10.6. The predicted molar refractivity (Wildman–Crippen MR) is 45.0 cm³/mol. The van der Waals surface area contributed by atoms with E-state index in [0.29, 0.717) is 0 Å². The van der Waals surface area contributed by atoms with Crippen molar-refractivity contribution in [1.29, 1.82) is 0 Å². The topological polar surface area (TPSA) is 46.5 Å². The number of aliphatic carboxylic acids is 1. The van der Waals surface area contributed by atoms with Gasteiger partial charge in [0.2, 0.25) is 0 Å². The maximum atomic E-state index is 11.7. The van der Waals surface area contributed by atoms with E-state index in [4.69, 9.17) is 5.11 Å².